The highest BCUT2D eigenvalue weighted by Gasteiger charge is 2.53. The Bertz CT molecular complexity index is 781. The van der Waals surface area contributed by atoms with Gasteiger partial charge in [0.2, 0.25) is 11.9 Å². The van der Waals surface area contributed by atoms with Crippen molar-refractivity contribution in [2.75, 3.05) is 19.4 Å². The number of amides is 2. The molecule has 0 spiro atoms. The van der Waals surface area contributed by atoms with Gasteiger partial charge in [-0.25, -0.2) is 9.97 Å². The number of hydrogen-bond donors (Lipinski definition) is 2. The van der Waals surface area contributed by atoms with Gasteiger partial charge in [0.05, 0.1) is 22.9 Å². The van der Waals surface area contributed by atoms with E-state index in [4.69, 9.17) is 10.5 Å². The maximum atomic E-state index is 13.2. The third-order valence-electron chi connectivity index (χ3n) is 6.90. The summed E-state index contributed by atoms with van der Waals surface area (Å²) in [5.41, 5.74) is 6.35. The van der Waals surface area contributed by atoms with Crippen molar-refractivity contribution >= 4 is 17.8 Å². The highest BCUT2D eigenvalue weighted by molar-refractivity contribution is 5.95. The third kappa shape index (κ3) is 3.23. The molecule has 8 nitrogen and oxygen atoms in total. The minimum absolute atomic E-state index is 0.0672. The maximum Gasteiger partial charge on any atom is 0.257 e. The van der Waals surface area contributed by atoms with Gasteiger partial charge in [-0.2, -0.15) is 0 Å². The average Bonchev–Trinajstić information content (AvgIpc) is 2.99. The van der Waals surface area contributed by atoms with Gasteiger partial charge in [0.25, 0.3) is 5.91 Å². The van der Waals surface area contributed by atoms with E-state index in [1.165, 1.54) is 6.20 Å². The number of nitrogens with one attached hydrogen (secondary N) is 1. The molecule has 2 heterocycles. The summed E-state index contributed by atoms with van der Waals surface area (Å²) in [6, 6.07) is 0.0148. The van der Waals surface area contributed by atoms with Crippen LogP contribution in [0.15, 0.2) is 6.20 Å². The number of ether oxygens (including phenoxy) is 1. The Morgan fingerprint density at radius 3 is 2.75 bits per heavy atom. The quantitative estimate of drug-likeness (QED) is 0.809. The van der Waals surface area contributed by atoms with E-state index in [1.54, 1.807) is 14.0 Å². The van der Waals surface area contributed by atoms with Crippen LogP contribution in [0.25, 0.3) is 0 Å². The lowest BCUT2D eigenvalue weighted by Crippen LogP contribution is -2.56. The molecule has 1 saturated heterocycles. The smallest absolute Gasteiger partial charge is 0.257 e. The lowest BCUT2D eigenvalue weighted by atomic mass is 9.77. The van der Waals surface area contributed by atoms with Crippen molar-refractivity contribution in [1.29, 1.82) is 0 Å². The molecule has 4 rings (SSSR count). The highest BCUT2D eigenvalue weighted by atomic mass is 16.5. The molecular weight excluding hydrogens is 358 g/mol. The number of carbonyl (C=O) groups is 2. The molecule has 2 saturated carbocycles. The van der Waals surface area contributed by atoms with Crippen LogP contribution in [0.3, 0.4) is 0 Å². The van der Waals surface area contributed by atoms with Gasteiger partial charge in [-0.3, -0.25) is 9.59 Å². The maximum absolute atomic E-state index is 13.2. The summed E-state index contributed by atoms with van der Waals surface area (Å²) in [4.78, 5) is 35.6. The first-order valence-corrected chi connectivity index (χ1v) is 10.2. The molecule has 1 aliphatic heterocycles. The molecular formula is C20H29N5O3. The Labute approximate surface area is 165 Å². The standard InChI is InChI=1S/C20H29N5O3/c1-12-15(11-22-19(21)23-12)18(27)25-9-8-20(28-2)7-6-14(10-16(20)25)24-17(26)13-4-3-5-13/h11,13-14,16H,3-10H2,1-2H3,(H,24,26)(H2,21,22,23)/t14-,16+,20-/m1/s1. The van der Waals surface area contributed by atoms with Crippen LogP contribution in [0, 0.1) is 12.8 Å². The Morgan fingerprint density at radius 2 is 2.11 bits per heavy atom. The van der Waals surface area contributed by atoms with Crippen molar-refractivity contribution < 1.29 is 14.3 Å². The van der Waals surface area contributed by atoms with Crippen LogP contribution in [0.1, 0.15) is 61.0 Å². The van der Waals surface area contributed by atoms with Crippen LogP contribution in [-0.4, -0.2) is 58.0 Å². The average molecular weight is 387 g/mol. The third-order valence-corrected chi connectivity index (χ3v) is 6.90. The molecule has 2 amide bonds. The van der Waals surface area contributed by atoms with Gasteiger partial charge < -0.3 is 20.7 Å². The van der Waals surface area contributed by atoms with E-state index in [1.807, 2.05) is 4.90 Å². The molecule has 0 bridgehead atoms. The summed E-state index contributed by atoms with van der Waals surface area (Å²) in [6.45, 7) is 2.40. The fraction of sp³-hybridized carbons (Fsp3) is 0.700. The Balaban J connectivity index is 1.52. The van der Waals surface area contributed by atoms with Crippen molar-refractivity contribution in [2.45, 2.75) is 69.6 Å². The lowest BCUT2D eigenvalue weighted by molar-refractivity contribution is -0.129. The van der Waals surface area contributed by atoms with E-state index in [9.17, 15) is 9.59 Å². The normalized spacial score (nSPS) is 29.9. The minimum atomic E-state index is -0.337. The number of likely N-dealkylation sites (tertiary alicyclic amines) is 1. The summed E-state index contributed by atoms with van der Waals surface area (Å²) >= 11 is 0. The molecule has 3 N–H and O–H groups in total. The molecule has 2 aliphatic carbocycles. The van der Waals surface area contributed by atoms with E-state index in [0.717, 1.165) is 38.5 Å². The molecule has 1 aromatic heterocycles. The topological polar surface area (TPSA) is 110 Å². The van der Waals surface area contributed by atoms with E-state index < -0.39 is 0 Å². The summed E-state index contributed by atoms with van der Waals surface area (Å²) in [7, 11) is 1.73. The van der Waals surface area contributed by atoms with Gasteiger partial charge in [0.15, 0.2) is 0 Å². The van der Waals surface area contributed by atoms with Gasteiger partial charge in [0, 0.05) is 31.8 Å². The number of fused-ring (bicyclic) bond motifs is 1. The number of hydrogen-bond acceptors (Lipinski definition) is 6. The second-order valence-corrected chi connectivity index (χ2v) is 8.37. The Hall–Kier alpha value is -2.22. The lowest BCUT2D eigenvalue weighted by Gasteiger charge is -2.44. The number of methoxy groups -OCH3 is 1. The fourth-order valence-corrected chi connectivity index (χ4v) is 4.91. The fourth-order valence-electron chi connectivity index (χ4n) is 4.91. The summed E-state index contributed by atoms with van der Waals surface area (Å²) in [6.07, 6.45) is 7.87. The largest absolute Gasteiger partial charge is 0.376 e. The summed E-state index contributed by atoms with van der Waals surface area (Å²) in [5.74, 6) is 0.412. The van der Waals surface area contributed by atoms with Crippen molar-refractivity contribution in [2.24, 2.45) is 5.92 Å². The van der Waals surface area contributed by atoms with E-state index >= 15 is 0 Å². The minimum Gasteiger partial charge on any atom is -0.376 e. The van der Waals surface area contributed by atoms with Crippen molar-refractivity contribution in [3.8, 4) is 0 Å². The second-order valence-electron chi connectivity index (χ2n) is 8.37. The van der Waals surface area contributed by atoms with Crippen molar-refractivity contribution in [3.63, 3.8) is 0 Å². The number of nitrogens with zero attached hydrogens (tertiary/aromatic N) is 3. The number of carbonyl (C=O) groups excluding carboxylic acids is 2. The molecule has 0 radical (unpaired) electrons. The summed E-state index contributed by atoms with van der Waals surface area (Å²) < 4.78 is 5.94. The van der Waals surface area contributed by atoms with E-state index in [2.05, 4.69) is 15.3 Å². The molecule has 0 aromatic carbocycles. The van der Waals surface area contributed by atoms with Crippen molar-refractivity contribution in [1.82, 2.24) is 20.2 Å². The Morgan fingerprint density at radius 1 is 1.32 bits per heavy atom. The van der Waals surface area contributed by atoms with Crippen LogP contribution in [0.4, 0.5) is 5.95 Å². The summed E-state index contributed by atoms with van der Waals surface area (Å²) in [5, 5.41) is 3.22. The first-order valence-electron chi connectivity index (χ1n) is 10.2. The number of nitrogens with two attached hydrogens (primary N) is 1. The predicted octanol–water partition coefficient (Wildman–Crippen LogP) is 1.44. The molecule has 3 atom stereocenters. The number of anilines is 1. The molecule has 152 valence electrons. The second kappa shape index (κ2) is 7.31. The van der Waals surface area contributed by atoms with Gasteiger partial charge >= 0.3 is 0 Å². The van der Waals surface area contributed by atoms with E-state index in [-0.39, 0.29) is 41.4 Å². The van der Waals surface area contributed by atoms with Crippen LogP contribution < -0.4 is 11.1 Å². The number of nitrogen functional groups attached to an aromatic ring is 1. The van der Waals surface area contributed by atoms with E-state index in [0.29, 0.717) is 24.2 Å². The molecule has 8 heteroatoms. The zero-order valence-corrected chi connectivity index (χ0v) is 16.6. The number of aryl methyl sites for hydroxylation is 1. The Kier molecular flexibility index (Phi) is 4.99. The zero-order chi connectivity index (χ0) is 19.9. The number of rotatable bonds is 4. The predicted molar refractivity (Wildman–Crippen MR) is 103 cm³/mol. The van der Waals surface area contributed by atoms with Gasteiger partial charge in [0.1, 0.15) is 0 Å². The van der Waals surface area contributed by atoms with Gasteiger partial charge in [-0.15, -0.1) is 0 Å². The zero-order valence-electron chi connectivity index (χ0n) is 16.6. The molecule has 3 aliphatic rings. The molecule has 3 fully saturated rings. The molecule has 28 heavy (non-hydrogen) atoms. The number of aromatic nitrogens is 2. The van der Waals surface area contributed by atoms with Crippen LogP contribution in [0.5, 0.6) is 0 Å². The molecule has 0 unspecified atom stereocenters. The van der Waals surface area contributed by atoms with Crippen molar-refractivity contribution in [3.05, 3.63) is 17.5 Å². The monoisotopic (exact) mass is 387 g/mol. The van der Waals surface area contributed by atoms with Gasteiger partial charge in [-0.1, -0.05) is 6.42 Å². The van der Waals surface area contributed by atoms with Crippen LogP contribution in [-0.2, 0) is 9.53 Å². The SMILES string of the molecule is CO[C@@]12CC[C@@H](NC(=O)C3CCC3)C[C@@H]1N(C(=O)c1cnc(N)nc1C)CC2. The van der Waals surface area contributed by atoms with Gasteiger partial charge in [-0.05, 0) is 45.4 Å². The van der Waals surface area contributed by atoms with Crippen LogP contribution in [0.2, 0.25) is 0 Å². The first-order chi connectivity index (χ1) is 13.4. The first kappa shape index (κ1) is 19.1. The molecule has 1 aromatic rings. The van der Waals surface area contributed by atoms with Crippen LogP contribution >= 0.6 is 0 Å². The highest BCUT2D eigenvalue weighted by Crippen LogP contribution is 2.43.